The lowest BCUT2D eigenvalue weighted by Crippen LogP contribution is -2.39. The summed E-state index contributed by atoms with van der Waals surface area (Å²) < 4.78 is 30.0. The van der Waals surface area contributed by atoms with Crippen molar-refractivity contribution < 1.29 is 18.3 Å². The average molecular weight is 576 g/mol. The Bertz CT molecular complexity index is 1300. The Kier molecular flexibility index (Phi) is 13.0. The quantitative estimate of drug-likeness (QED) is 0.188. The summed E-state index contributed by atoms with van der Waals surface area (Å²) in [4.78, 5) is 26.0. The van der Waals surface area contributed by atoms with E-state index in [0.29, 0.717) is 13.1 Å². The molecule has 11 heteroatoms. The number of amides is 1. The van der Waals surface area contributed by atoms with Crippen LogP contribution in [-0.4, -0.2) is 41.8 Å². The van der Waals surface area contributed by atoms with Crippen molar-refractivity contribution in [2.75, 3.05) is 13.1 Å². The number of nitrogens with one attached hydrogen (secondary N) is 1. The summed E-state index contributed by atoms with van der Waals surface area (Å²) >= 11 is 0. The van der Waals surface area contributed by atoms with Gasteiger partial charge in [-0.05, 0) is 43.7 Å². The first-order valence-electron chi connectivity index (χ1n) is 14.3. The number of benzene rings is 1. The van der Waals surface area contributed by atoms with Crippen molar-refractivity contribution in [3.05, 3.63) is 45.7 Å². The van der Waals surface area contributed by atoms with Crippen LogP contribution in [0, 0.1) is 18.8 Å². The Labute approximate surface area is 238 Å². The van der Waals surface area contributed by atoms with E-state index in [9.17, 15) is 23.1 Å². The number of carbonyl (C=O) groups excluding carboxylic acids is 1. The number of nitrogens with zero attached hydrogens (tertiary/aromatic N) is 3. The first-order chi connectivity index (χ1) is 19.0. The number of hydrogen-bond donors (Lipinski definition) is 3. The summed E-state index contributed by atoms with van der Waals surface area (Å²) in [7, 11) is -3.96. The van der Waals surface area contributed by atoms with Crippen LogP contribution in [0.15, 0.2) is 44.2 Å². The molecule has 40 heavy (non-hydrogen) atoms. The normalized spacial score (nSPS) is 13.7. The maximum atomic E-state index is 14.2. The zero-order valence-electron chi connectivity index (χ0n) is 24.4. The Morgan fingerprint density at radius 2 is 1.55 bits per heavy atom. The zero-order valence-corrected chi connectivity index (χ0v) is 25.3. The minimum Gasteiger partial charge on any atom is -0.493 e. The van der Waals surface area contributed by atoms with E-state index in [1.165, 1.54) is 19.1 Å². The lowest BCUT2D eigenvalue weighted by molar-refractivity contribution is 0.0998. The van der Waals surface area contributed by atoms with Gasteiger partial charge >= 0.3 is 0 Å². The number of aromatic nitrogens is 1. The molecule has 0 saturated heterocycles. The van der Waals surface area contributed by atoms with Crippen molar-refractivity contribution >= 4 is 27.3 Å². The summed E-state index contributed by atoms with van der Waals surface area (Å²) in [5, 5.41) is 18.5. The van der Waals surface area contributed by atoms with Crippen LogP contribution in [0.1, 0.15) is 95.0 Å². The molecule has 0 bridgehead atoms. The lowest BCUT2D eigenvalue weighted by Gasteiger charge is -2.30. The number of hydrogen-bond acceptors (Lipinski definition) is 7. The molecule has 10 nitrogen and oxygen atoms in total. The highest BCUT2D eigenvalue weighted by atomic mass is 32.2. The first-order valence-corrected chi connectivity index (χ1v) is 15.7. The fourth-order valence-electron chi connectivity index (χ4n) is 4.80. The minimum atomic E-state index is -3.96. The molecule has 2 aromatic rings. The number of primary amides is 1. The van der Waals surface area contributed by atoms with Crippen molar-refractivity contribution in [1.82, 2.24) is 9.29 Å². The Morgan fingerprint density at radius 1 is 1.00 bits per heavy atom. The molecular weight excluding hydrogens is 530 g/mol. The number of rotatable bonds is 17. The standard InChI is InChI=1S/C29H45N5O5S/c1-6-10-14-21(8-3)18-34(19-22(9-4)15-11-7-2)40(38,39)24-17-13-12-16-23(24)32-33-26-20(5)25(27(30)35)28(36)31-29(26)37/h12-13,16-17,21-22H,6-11,14-15,18-19H2,1-5H3,(H2,30,35)(H2,31,36,37)/b33-32+. The van der Waals surface area contributed by atoms with E-state index in [4.69, 9.17) is 5.73 Å². The maximum Gasteiger partial charge on any atom is 0.263 e. The SMILES string of the molecule is CCCCC(CC)CN(CC(CC)CCCC)S(=O)(=O)c1ccccc1/N=N/c1c(O)[nH]c(=O)c(C(N)=O)c1C. The van der Waals surface area contributed by atoms with Crippen LogP contribution >= 0.6 is 0 Å². The number of aromatic hydroxyl groups is 1. The molecule has 4 N–H and O–H groups in total. The van der Waals surface area contributed by atoms with E-state index in [0.717, 1.165) is 51.4 Å². The molecular formula is C29H45N5O5S. The van der Waals surface area contributed by atoms with Gasteiger partial charge in [0.2, 0.25) is 15.9 Å². The topological polar surface area (TPSA) is 158 Å². The lowest BCUT2D eigenvalue weighted by atomic mass is 9.97. The molecule has 0 aliphatic carbocycles. The molecule has 0 aliphatic heterocycles. The van der Waals surface area contributed by atoms with Gasteiger partial charge in [0, 0.05) is 18.7 Å². The number of pyridine rings is 1. The van der Waals surface area contributed by atoms with Crippen LogP contribution in [-0.2, 0) is 10.0 Å². The highest BCUT2D eigenvalue weighted by Crippen LogP contribution is 2.34. The van der Waals surface area contributed by atoms with Crippen LogP contribution < -0.4 is 11.3 Å². The summed E-state index contributed by atoms with van der Waals surface area (Å²) in [6.45, 7) is 10.7. The molecule has 0 fully saturated rings. The average Bonchev–Trinajstić information content (AvgIpc) is 2.91. The van der Waals surface area contributed by atoms with Gasteiger partial charge in [-0.2, -0.15) is 4.31 Å². The molecule has 1 aromatic carbocycles. The summed E-state index contributed by atoms with van der Waals surface area (Å²) in [5.41, 5.74) is 4.08. The molecule has 0 aliphatic rings. The molecule has 222 valence electrons. The monoisotopic (exact) mass is 575 g/mol. The Balaban J connectivity index is 2.57. The fourth-order valence-corrected chi connectivity index (χ4v) is 6.51. The van der Waals surface area contributed by atoms with E-state index in [2.05, 4.69) is 42.9 Å². The smallest absolute Gasteiger partial charge is 0.263 e. The van der Waals surface area contributed by atoms with Gasteiger partial charge in [-0.3, -0.25) is 14.6 Å². The van der Waals surface area contributed by atoms with Gasteiger partial charge in [0.25, 0.3) is 11.5 Å². The van der Waals surface area contributed by atoms with Crippen molar-refractivity contribution in [2.24, 2.45) is 27.8 Å². The maximum absolute atomic E-state index is 14.2. The van der Waals surface area contributed by atoms with E-state index in [1.54, 1.807) is 16.4 Å². The van der Waals surface area contributed by atoms with Crippen LogP contribution in [0.2, 0.25) is 0 Å². The van der Waals surface area contributed by atoms with E-state index in [1.807, 2.05) is 0 Å². The molecule has 2 atom stereocenters. The van der Waals surface area contributed by atoms with Gasteiger partial charge in [0.05, 0.1) is 0 Å². The van der Waals surface area contributed by atoms with E-state index in [-0.39, 0.29) is 39.2 Å². The van der Waals surface area contributed by atoms with E-state index < -0.39 is 27.4 Å². The molecule has 2 unspecified atom stereocenters. The summed E-state index contributed by atoms with van der Waals surface area (Å²) in [6.07, 6.45) is 7.86. The van der Waals surface area contributed by atoms with Crippen LogP contribution in [0.4, 0.5) is 11.4 Å². The minimum absolute atomic E-state index is 0.00568. The predicted octanol–water partition coefficient (Wildman–Crippen LogP) is 6.33. The summed E-state index contributed by atoms with van der Waals surface area (Å²) in [5.74, 6) is -1.10. The Hall–Kier alpha value is -3.05. The summed E-state index contributed by atoms with van der Waals surface area (Å²) in [6, 6.07) is 6.33. The van der Waals surface area contributed by atoms with Crippen molar-refractivity contribution in [3.63, 3.8) is 0 Å². The second-order valence-electron chi connectivity index (χ2n) is 10.3. The van der Waals surface area contributed by atoms with Crippen molar-refractivity contribution in [3.8, 4) is 5.88 Å². The van der Waals surface area contributed by atoms with Crippen LogP contribution in [0.5, 0.6) is 5.88 Å². The second kappa shape index (κ2) is 15.7. The van der Waals surface area contributed by atoms with E-state index >= 15 is 0 Å². The number of H-pyrrole nitrogens is 1. The Morgan fingerprint density at radius 3 is 2.05 bits per heavy atom. The third-order valence-corrected chi connectivity index (χ3v) is 9.29. The fraction of sp³-hybridized carbons (Fsp3) is 0.586. The largest absolute Gasteiger partial charge is 0.493 e. The second-order valence-corrected chi connectivity index (χ2v) is 12.2. The third kappa shape index (κ3) is 8.47. The van der Waals surface area contributed by atoms with Crippen molar-refractivity contribution in [1.29, 1.82) is 0 Å². The van der Waals surface area contributed by atoms with Gasteiger partial charge < -0.3 is 10.8 Å². The number of sulfonamides is 1. The zero-order chi connectivity index (χ0) is 29.9. The van der Waals surface area contributed by atoms with Gasteiger partial charge in [0.1, 0.15) is 21.8 Å². The van der Waals surface area contributed by atoms with Gasteiger partial charge in [-0.25, -0.2) is 8.42 Å². The highest BCUT2D eigenvalue weighted by Gasteiger charge is 2.31. The third-order valence-electron chi connectivity index (χ3n) is 7.41. The number of nitrogens with two attached hydrogens (primary N) is 1. The van der Waals surface area contributed by atoms with Gasteiger partial charge in [-0.15, -0.1) is 10.2 Å². The molecule has 1 heterocycles. The number of carbonyl (C=O) groups is 1. The molecule has 0 saturated carbocycles. The number of aromatic amines is 1. The molecule has 0 spiro atoms. The number of unbranched alkanes of at least 4 members (excludes halogenated alkanes) is 2. The molecule has 1 amide bonds. The van der Waals surface area contributed by atoms with Gasteiger partial charge in [0.15, 0.2) is 0 Å². The van der Waals surface area contributed by atoms with Crippen molar-refractivity contribution in [2.45, 2.75) is 90.9 Å². The van der Waals surface area contributed by atoms with Crippen LogP contribution in [0.3, 0.4) is 0 Å². The van der Waals surface area contributed by atoms with Crippen LogP contribution in [0.25, 0.3) is 0 Å². The molecule has 2 rings (SSSR count). The molecule has 1 aromatic heterocycles. The predicted molar refractivity (Wildman–Crippen MR) is 158 cm³/mol. The first kappa shape index (κ1) is 33.2. The highest BCUT2D eigenvalue weighted by molar-refractivity contribution is 7.89. The number of azo groups is 1. The van der Waals surface area contributed by atoms with Gasteiger partial charge in [-0.1, -0.05) is 78.4 Å². The molecule has 0 radical (unpaired) electrons.